The van der Waals surface area contributed by atoms with Gasteiger partial charge in [-0.1, -0.05) is 0 Å². The first-order valence-electron chi connectivity index (χ1n) is 8.97. The van der Waals surface area contributed by atoms with Gasteiger partial charge in [-0.2, -0.15) is 0 Å². The summed E-state index contributed by atoms with van der Waals surface area (Å²) in [5.41, 5.74) is 0. The quantitative estimate of drug-likeness (QED) is 0.448. The summed E-state index contributed by atoms with van der Waals surface area (Å²) < 4.78 is 45.6. The summed E-state index contributed by atoms with van der Waals surface area (Å²) in [6, 6.07) is 6.22. The maximum absolute atomic E-state index is 13.9. The zero-order valence-corrected chi connectivity index (χ0v) is 15.5. The molecule has 2 N–H and O–H groups in total. The number of guanidine groups is 1. The largest absolute Gasteiger partial charge is 0.489 e. The molecule has 1 aromatic carbocycles. The second-order valence-corrected chi connectivity index (χ2v) is 6.31. The molecule has 0 bridgehead atoms. The molecule has 2 heterocycles. The molecule has 0 radical (unpaired) electrons. The van der Waals surface area contributed by atoms with Crippen LogP contribution in [0.15, 0.2) is 41.5 Å². The maximum Gasteiger partial charge on any atom is 0.191 e. The van der Waals surface area contributed by atoms with E-state index in [-0.39, 0.29) is 24.2 Å². The van der Waals surface area contributed by atoms with Gasteiger partial charge in [-0.05, 0) is 30.7 Å². The van der Waals surface area contributed by atoms with Crippen LogP contribution in [-0.2, 0) is 0 Å². The van der Waals surface area contributed by atoms with Gasteiger partial charge in [-0.15, -0.1) is 0 Å². The number of hydrogen-bond donors (Lipinski definition) is 2. The van der Waals surface area contributed by atoms with Crippen molar-refractivity contribution in [3.8, 4) is 5.75 Å². The lowest BCUT2D eigenvalue weighted by Gasteiger charge is -2.20. The second-order valence-electron chi connectivity index (χ2n) is 6.31. The molecule has 1 unspecified atom stereocenters. The van der Waals surface area contributed by atoms with E-state index in [0.29, 0.717) is 31.4 Å². The lowest BCUT2D eigenvalue weighted by atomic mass is 10.3. The van der Waals surface area contributed by atoms with Crippen LogP contribution in [0.3, 0.4) is 0 Å². The lowest BCUT2D eigenvalue weighted by molar-refractivity contribution is 0.304. The number of benzene rings is 1. The molecule has 1 aliphatic rings. The summed E-state index contributed by atoms with van der Waals surface area (Å²) in [5, 5.41) is 6.34. The van der Waals surface area contributed by atoms with Crippen LogP contribution < -0.4 is 20.3 Å². The van der Waals surface area contributed by atoms with Gasteiger partial charge in [0.05, 0.1) is 6.54 Å². The van der Waals surface area contributed by atoms with E-state index < -0.39 is 11.6 Å². The van der Waals surface area contributed by atoms with Crippen molar-refractivity contribution in [2.75, 3.05) is 38.2 Å². The number of nitrogens with zero attached hydrogens (tertiary/aromatic N) is 3. The Morgan fingerprint density at radius 2 is 2.14 bits per heavy atom. The van der Waals surface area contributed by atoms with Crippen molar-refractivity contribution in [2.45, 2.75) is 12.5 Å². The minimum absolute atomic E-state index is 0.00466. The van der Waals surface area contributed by atoms with Crippen molar-refractivity contribution < 1.29 is 17.9 Å². The molecular formula is C19H22F3N5O. The van der Waals surface area contributed by atoms with Crippen molar-refractivity contribution in [1.82, 2.24) is 15.6 Å². The third-order valence-electron chi connectivity index (χ3n) is 4.34. The number of pyridine rings is 1. The van der Waals surface area contributed by atoms with Crippen molar-refractivity contribution >= 4 is 11.8 Å². The third-order valence-corrected chi connectivity index (χ3v) is 4.34. The number of aliphatic imine (C=N–C) groups is 1. The maximum atomic E-state index is 13.9. The van der Waals surface area contributed by atoms with Crippen LogP contribution in [0.5, 0.6) is 5.75 Å². The first kappa shape index (κ1) is 19.8. The Hall–Kier alpha value is -2.97. The molecule has 2 aromatic rings. The van der Waals surface area contributed by atoms with E-state index in [1.807, 2.05) is 4.90 Å². The summed E-state index contributed by atoms with van der Waals surface area (Å²) in [6.07, 6.45) is 2.39. The SMILES string of the molecule is CN=C(NCCOc1ccc(F)cc1F)NC1CCN(c2ncccc2F)C1. The smallest absolute Gasteiger partial charge is 0.191 e. The van der Waals surface area contributed by atoms with Crippen LogP contribution in [0.25, 0.3) is 0 Å². The highest BCUT2D eigenvalue weighted by molar-refractivity contribution is 5.80. The van der Waals surface area contributed by atoms with Gasteiger partial charge < -0.3 is 20.3 Å². The molecule has 1 saturated heterocycles. The van der Waals surface area contributed by atoms with Gasteiger partial charge in [0.1, 0.15) is 12.4 Å². The molecule has 0 saturated carbocycles. The molecule has 1 atom stereocenters. The van der Waals surface area contributed by atoms with Crippen LogP contribution in [0.1, 0.15) is 6.42 Å². The Morgan fingerprint density at radius 1 is 1.29 bits per heavy atom. The summed E-state index contributed by atoms with van der Waals surface area (Å²) >= 11 is 0. The lowest BCUT2D eigenvalue weighted by Crippen LogP contribution is -2.45. The highest BCUT2D eigenvalue weighted by Gasteiger charge is 2.25. The molecule has 3 rings (SSSR count). The van der Waals surface area contributed by atoms with Gasteiger partial charge in [-0.3, -0.25) is 4.99 Å². The molecular weight excluding hydrogens is 371 g/mol. The van der Waals surface area contributed by atoms with E-state index in [0.717, 1.165) is 18.6 Å². The zero-order valence-electron chi connectivity index (χ0n) is 15.5. The van der Waals surface area contributed by atoms with Crippen molar-refractivity contribution in [1.29, 1.82) is 0 Å². The number of anilines is 1. The molecule has 150 valence electrons. The highest BCUT2D eigenvalue weighted by Crippen LogP contribution is 2.20. The molecule has 1 fully saturated rings. The van der Waals surface area contributed by atoms with Crippen LogP contribution in [-0.4, -0.2) is 50.3 Å². The van der Waals surface area contributed by atoms with Gasteiger partial charge >= 0.3 is 0 Å². The van der Waals surface area contributed by atoms with E-state index >= 15 is 0 Å². The number of hydrogen-bond acceptors (Lipinski definition) is 4. The van der Waals surface area contributed by atoms with Gasteiger partial charge in [0.2, 0.25) is 0 Å². The predicted molar refractivity (Wildman–Crippen MR) is 101 cm³/mol. The molecule has 6 nitrogen and oxygen atoms in total. The Bertz CT molecular complexity index is 833. The normalized spacial score (nSPS) is 16.9. The van der Waals surface area contributed by atoms with Gasteiger partial charge in [0.15, 0.2) is 29.2 Å². The fourth-order valence-corrected chi connectivity index (χ4v) is 2.99. The van der Waals surface area contributed by atoms with Crippen LogP contribution in [0.4, 0.5) is 19.0 Å². The minimum atomic E-state index is -0.740. The van der Waals surface area contributed by atoms with Crippen molar-refractivity contribution in [3.05, 3.63) is 54.0 Å². The summed E-state index contributed by atoms with van der Waals surface area (Å²) in [4.78, 5) is 10.1. The van der Waals surface area contributed by atoms with Crippen LogP contribution >= 0.6 is 0 Å². The summed E-state index contributed by atoms with van der Waals surface area (Å²) in [5.74, 6) is -0.814. The number of ether oxygens (including phenoxy) is 1. The Balaban J connectivity index is 1.43. The van der Waals surface area contributed by atoms with Crippen LogP contribution in [0.2, 0.25) is 0 Å². The van der Waals surface area contributed by atoms with E-state index in [1.54, 1.807) is 19.3 Å². The third kappa shape index (κ3) is 5.05. The molecule has 28 heavy (non-hydrogen) atoms. The summed E-state index contributed by atoms with van der Waals surface area (Å²) in [6.45, 7) is 1.85. The van der Waals surface area contributed by atoms with Crippen molar-refractivity contribution in [3.63, 3.8) is 0 Å². The van der Waals surface area contributed by atoms with Crippen LogP contribution in [0, 0.1) is 17.5 Å². The highest BCUT2D eigenvalue weighted by atomic mass is 19.1. The predicted octanol–water partition coefficient (Wildman–Crippen LogP) is 2.32. The number of rotatable bonds is 6. The molecule has 0 amide bonds. The molecule has 0 spiro atoms. The van der Waals surface area contributed by atoms with E-state index in [2.05, 4.69) is 20.6 Å². The molecule has 1 aromatic heterocycles. The van der Waals surface area contributed by atoms with Crippen molar-refractivity contribution in [2.24, 2.45) is 4.99 Å². The average Bonchev–Trinajstić information content (AvgIpc) is 3.14. The monoisotopic (exact) mass is 393 g/mol. The molecule has 9 heteroatoms. The number of aromatic nitrogens is 1. The zero-order chi connectivity index (χ0) is 19.9. The summed E-state index contributed by atoms with van der Waals surface area (Å²) in [7, 11) is 1.64. The standard InChI is InChI=1S/C19H22F3N5O/c1-23-19(25-8-10-28-17-5-4-13(20)11-16(17)22)26-14-6-9-27(12-14)18-15(21)3-2-7-24-18/h2-5,7,11,14H,6,8-10,12H2,1H3,(H2,23,25,26). The minimum Gasteiger partial charge on any atom is -0.489 e. The Kier molecular flexibility index (Phi) is 6.57. The van der Waals surface area contributed by atoms with E-state index in [9.17, 15) is 13.2 Å². The first-order valence-corrected chi connectivity index (χ1v) is 8.97. The van der Waals surface area contributed by atoms with Gasteiger partial charge in [0.25, 0.3) is 0 Å². The Labute approximate surface area is 161 Å². The van der Waals surface area contributed by atoms with Gasteiger partial charge in [-0.25, -0.2) is 18.2 Å². The number of nitrogens with one attached hydrogen (secondary N) is 2. The Morgan fingerprint density at radius 3 is 2.89 bits per heavy atom. The number of halogens is 3. The van der Waals surface area contributed by atoms with E-state index in [1.165, 1.54) is 12.1 Å². The van der Waals surface area contributed by atoms with E-state index in [4.69, 9.17) is 4.74 Å². The first-order chi connectivity index (χ1) is 13.6. The fourth-order valence-electron chi connectivity index (χ4n) is 2.99. The topological polar surface area (TPSA) is 61.8 Å². The molecule has 0 aliphatic carbocycles. The fraction of sp³-hybridized carbons (Fsp3) is 0.368. The average molecular weight is 393 g/mol. The second kappa shape index (κ2) is 9.29. The molecule has 1 aliphatic heterocycles. The van der Waals surface area contributed by atoms with Gasteiger partial charge in [0, 0.05) is 38.4 Å².